The van der Waals surface area contributed by atoms with Gasteiger partial charge in [-0.05, 0) is 44.5 Å². The fraction of sp³-hybridized carbons (Fsp3) is 0.500. The highest BCUT2D eigenvalue weighted by Gasteiger charge is 2.31. The molecule has 0 N–H and O–H groups in total. The fourth-order valence-electron chi connectivity index (χ4n) is 3.37. The molecule has 20 heavy (non-hydrogen) atoms. The van der Waals surface area contributed by atoms with Crippen LogP contribution < -0.4 is 4.90 Å². The Kier molecular flexibility index (Phi) is 3.45. The van der Waals surface area contributed by atoms with Gasteiger partial charge in [0.05, 0.1) is 11.6 Å². The number of nitriles is 1. The molecule has 1 unspecified atom stereocenters. The van der Waals surface area contributed by atoms with Crippen LogP contribution in [-0.4, -0.2) is 42.9 Å². The fourth-order valence-corrected chi connectivity index (χ4v) is 3.37. The van der Waals surface area contributed by atoms with Gasteiger partial charge in [0.2, 0.25) is 0 Å². The van der Waals surface area contributed by atoms with E-state index in [-0.39, 0.29) is 5.78 Å². The number of nitrogens with zero attached hydrogens (tertiary/aromatic N) is 3. The molecule has 0 bridgehead atoms. The van der Waals surface area contributed by atoms with Crippen LogP contribution in [0.5, 0.6) is 0 Å². The van der Waals surface area contributed by atoms with E-state index in [0.717, 1.165) is 30.9 Å². The number of hydrogen-bond acceptors (Lipinski definition) is 4. The van der Waals surface area contributed by atoms with Crippen molar-refractivity contribution in [1.82, 2.24) is 4.90 Å². The summed E-state index contributed by atoms with van der Waals surface area (Å²) in [6.07, 6.45) is 2.51. The van der Waals surface area contributed by atoms with E-state index >= 15 is 0 Å². The molecule has 0 spiro atoms. The number of anilines is 1. The quantitative estimate of drug-likeness (QED) is 0.771. The first-order chi connectivity index (χ1) is 9.69. The summed E-state index contributed by atoms with van der Waals surface area (Å²) >= 11 is 0. The highest BCUT2D eigenvalue weighted by molar-refractivity contribution is 6.00. The van der Waals surface area contributed by atoms with Crippen LogP contribution in [0.25, 0.3) is 0 Å². The summed E-state index contributed by atoms with van der Waals surface area (Å²) in [5.41, 5.74) is 2.29. The Labute approximate surface area is 119 Å². The van der Waals surface area contributed by atoms with Gasteiger partial charge in [-0.25, -0.2) is 0 Å². The second kappa shape index (κ2) is 5.26. The first-order valence-corrected chi connectivity index (χ1v) is 7.23. The number of carbonyl (C=O) groups is 1. The normalized spacial score (nSPS) is 22.4. The molecule has 2 saturated heterocycles. The van der Waals surface area contributed by atoms with Gasteiger partial charge >= 0.3 is 0 Å². The average Bonchev–Trinajstić information content (AvgIpc) is 2.93. The highest BCUT2D eigenvalue weighted by atomic mass is 16.1. The van der Waals surface area contributed by atoms with Crippen LogP contribution in [0.4, 0.5) is 5.69 Å². The summed E-state index contributed by atoms with van der Waals surface area (Å²) in [5, 5.41) is 9.08. The first-order valence-electron chi connectivity index (χ1n) is 7.23. The summed E-state index contributed by atoms with van der Waals surface area (Å²) in [5.74, 6) is 0.0679. The van der Waals surface area contributed by atoms with Crippen LogP contribution in [0.15, 0.2) is 18.2 Å². The Morgan fingerprint density at radius 3 is 2.95 bits per heavy atom. The lowest BCUT2D eigenvalue weighted by Crippen LogP contribution is -2.50. The molecule has 1 aromatic carbocycles. The Morgan fingerprint density at radius 1 is 1.35 bits per heavy atom. The predicted octanol–water partition coefficient (Wildman–Crippen LogP) is 2.05. The van der Waals surface area contributed by atoms with Crippen molar-refractivity contribution in [2.45, 2.75) is 25.8 Å². The highest BCUT2D eigenvalue weighted by Crippen LogP contribution is 2.28. The van der Waals surface area contributed by atoms with Crippen LogP contribution in [0.2, 0.25) is 0 Å². The van der Waals surface area contributed by atoms with Gasteiger partial charge in [-0.2, -0.15) is 5.26 Å². The summed E-state index contributed by atoms with van der Waals surface area (Å²) in [6, 6.07) is 8.16. The van der Waals surface area contributed by atoms with E-state index in [0.29, 0.717) is 11.6 Å². The third kappa shape index (κ3) is 2.30. The molecule has 2 heterocycles. The minimum Gasteiger partial charge on any atom is -0.368 e. The first kappa shape index (κ1) is 13.1. The van der Waals surface area contributed by atoms with Gasteiger partial charge in [-0.1, -0.05) is 0 Å². The lowest BCUT2D eigenvalue weighted by atomic mass is 10.0. The summed E-state index contributed by atoms with van der Waals surface area (Å²) in [7, 11) is 0. The Balaban J connectivity index is 1.92. The molecular weight excluding hydrogens is 250 g/mol. The molecule has 1 atom stereocenters. The molecule has 0 aliphatic carbocycles. The molecule has 4 nitrogen and oxygen atoms in total. The number of rotatable bonds is 2. The third-order valence-corrected chi connectivity index (χ3v) is 4.43. The lowest BCUT2D eigenvalue weighted by molar-refractivity contribution is 0.101. The lowest BCUT2D eigenvalue weighted by Gasteiger charge is -2.39. The number of benzene rings is 1. The van der Waals surface area contributed by atoms with Crippen LogP contribution in [0.1, 0.15) is 35.7 Å². The van der Waals surface area contributed by atoms with E-state index in [4.69, 9.17) is 5.26 Å². The van der Waals surface area contributed by atoms with E-state index in [2.05, 4.69) is 15.9 Å². The predicted molar refractivity (Wildman–Crippen MR) is 78.0 cm³/mol. The van der Waals surface area contributed by atoms with Gasteiger partial charge in [-0.15, -0.1) is 0 Å². The molecule has 0 saturated carbocycles. The number of hydrogen-bond donors (Lipinski definition) is 0. The molecule has 104 valence electrons. The average molecular weight is 269 g/mol. The monoisotopic (exact) mass is 269 g/mol. The SMILES string of the molecule is CC(=O)c1ccc(C#N)cc1N1CCN2CCCC2C1. The number of fused-ring (bicyclic) bond motifs is 1. The summed E-state index contributed by atoms with van der Waals surface area (Å²) in [4.78, 5) is 16.6. The zero-order chi connectivity index (χ0) is 14.1. The van der Waals surface area contributed by atoms with Crippen molar-refractivity contribution in [2.24, 2.45) is 0 Å². The van der Waals surface area contributed by atoms with Crippen LogP contribution in [0, 0.1) is 11.3 Å². The van der Waals surface area contributed by atoms with Crippen molar-refractivity contribution in [2.75, 3.05) is 31.1 Å². The number of piperazine rings is 1. The molecule has 0 aromatic heterocycles. The number of carbonyl (C=O) groups excluding carboxylic acids is 1. The maximum atomic E-state index is 11.8. The Morgan fingerprint density at radius 2 is 2.20 bits per heavy atom. The molecule has 2 aliphatic heterocycles. The molecule has 1 aromatic rings. The molecule has 0 radical (unpaired) electrons. The van der Waals surface area contributed by atoms with E-state index in [1.54, 1.807) is 19.1 Å². The second-order valence-corrected chi connectivity index (χ2v) is 5.68. The second-order valence-electron chi connectivity index (χ2n) is 5.68. The molecule has 0 amide bonds. The molecule has 4 heteroatoms. The van der Waals surface area contributed by atoms with E-state index < -0.39 is 0 Å². The van der Waals surface area contributed by atoms with E-state index in [1.807, 2.05) is 6.07 Å². The van der Waals surface area contributed by atoms with Crippen molar-refractivity contribution in [3.05, 3.63) is 29.3 Å². The van der Waals surface area contributed by atoms with Crippen molar-refractivity contribution in [3.8, 4) is 6.07 Å². The van der Waals surface area contributed by atoms with Crippen molar-refractivity contribution < 1.29 is 4.79 Å². The van der Waals surface area contributed by atoms with E-state index in [9.17, 15) is 4.79 Å². The van der Waals surface area contributed by atoms with Crippen LogP contribution >= 0.6 is 0 Å². The third-order valence-electron chi connectivity index (χ3n) is 4.43. The van der Waals surface area contributed by atoms with Gasteiger partial charge < -0.3 is 4.90 Å². The largest absolute Gasteiger partial charge is 0.368 e. The van der Waals surface area contributed by atoms with Gasteiger partial charge in [0.15, 0.2) is 5.78 Å². The van der Waals surface area contributed by atoms with E-state index in [1.165, 1.54) is 19.4 Å². The number of ketones is 1. The summed E-state index contributed by atoms with van der Waals surface area (Å²) in [6.45, 7) is 5.76. The molecular formula is C16H19N3O. The Bertz CT molecular complexity index is 576. The molecule has 3 rings (SSSR count). The van der Waals surface area contributed by atoms with Crippen LogP contribution in [-0.2, 0) is 0 Å². The molecule has 2 fully saturated rings. The van der Waals surface area contributed by atoms with Gasteiger partial charge in [0.1, 0.15) is 0 Å². The number of Topliss-reactive ketones (excluding diaryl/α,β-unsaturated/α-hetero) is 1. The molecule has 2 aliphatic rings. The Hall–Kier alpha value is -1.86. The minimum absolute atomic E-state index is 0.0679. The van der Waals surface area contributed by atoms with Crippen molar-refractivity contribution in [3.63, 3.8) is 0 Å². The maximum absolute atomic E-state index is 11.8. The zero-order valence-electron chi connectivity index (χ0n) is 11.8. The standard InChI is InChI=1S/C16H19N3O/c1-12(20)15-5-4-13(10-17)9-16(15)19-8-7-18-6-2-3-14(18)11-19/h4-5,9,14H,2-3,6-8,11H2,1H3. The van der Waals surface area contributed by atoms with Crippen LogP contribution in [0.3, 0.4) is 0 Å². The van der Waals surface area contributed by atoms with Gasteiger partial charge in [-0.3, -0.25) is 9.69 Å². The maximum Gasteiger partial charge on any atom is 0.161 e. The minimum atomic E-state index is 0.0679. The van der Waals surface area contributed by atoms with Gasteiger partial charge in [0, 0.05) is 36.9 Å². The van der Waals surface area contributed by atoms with Gasteiger partial charge in [0.25, 0.3) is 0 Å². The van der Waals surface area contributed by atoms with Crippen molar-refractivity contribution in [1.29, 1.82) is 5.26 Å². The smallest absolute Gasteiger partial charge is 0.161 e. The summed E-state index contributed by atoms with van der Waals surface area (Å²) < 4.78 is 0. The topological polar surface area (TPSA) is 47.3 Å². The zero-order valence-corrected chi connectivity index (χ0v) is 11.8. The van der Waals surface area contributed by atoms with Crippen molar-refractivity contribution >= 4 is 11.5 Å².